The summed E-state index contributed by atoms with van der Waals surface area (Å²) in [7, 11) is 4.75. The van der Waals surface area contributed by atoms with Crippen LogP contribution in [-0.2, 0) is 13.5 Å². The zero-order valence-corrected chi connectivity index (χ0v) is 15.7. The molecule has 0 bridgehead atoms. The predicted octanol–water partition coefficient (Wildman–Crippen LogP) is 1.82. The van der Waals surface area contributed by atoms with Crippen LogP contribution in [0.15, 0.2) is 33.7 Å². The van der Waals surface area contributed by atoms with Gasteiger partial charge in [0.2, 0.25) is 5.71 Å². The highest BCUT2D eigenvalue weighted by atomic mass is 16.5. The van der Waals surface area contributed by atoms with E-state index in [0.717, 1.165) is 5.56 Å². The number of carbonyl (C=O) groups excluding carboxylic acids is 1. The van der Waals surface area contributed by atoms with Crippen LogP contribution in [0.2, 0.25) is 0 Å². The number of aromatic nitrogens is 2. The molecule has 0 aliphatic heterocycles. The van der Waals surface area contributed by atoms with Crippen LogP contribution in [0.25, 0.3) is 11.1 Å². The number of hydrogen-bond donors (Lipinski definition) is 1. The van der Waals surface area contributed by atoms with E-state index in [4.69, 9.17) is 13.9 Å². The van der Waals surface area contributed by atoms with E-state index in [9.17, 15) is 9.59 Å². The minimum Gasteiger partial charge on any atom is -0.497 e. The molecule has 1 N–H and O–H groups in total. The summed E-state index contributed by atoms with van der Waals surface area (Å²) in [5, 5.41) is 3.02. The molecule has 8 heteroatoms. The third kappa shape index (κ3) is 3.51. The molecule has 27 heavy (non-hydrogen) atoms. The van der Waals surface area contributed by atoms with Crippen LogP contribution in [0, 0.1) is 6.92 Å². The van der Waals surface area contributed by atoms with Crippen molar-refractivity contribution in [2.24, 2.45) is 7.05 Å². The fraction of sp³-hybridized carbons (Fsp3) is 0.316. The van der Waals surface area contributed by atoms with Gasteiger partial charge in [-0.2, -0.15) is 0 Å². The van der Waals surface area contributed by atoms with Crippen molar-refractivity contribution in [2.75, 3.05) is 20.8 Å². The fourth-order valence-electron chi connectivity index (χ4n) is 2.92. The first kappa shape index (κ1) is 18.5. The molecule has 3 aromatic rings. The number of rotatable bonds is 6. The predicted molar refractivity (Wildman–Crippen MR) is 99.6 cm³/mol. The van der Waals surface area contributed by atoms with Gasteiger partial charge < -0.3 is 23.8 Å². The van der Waals surface area contributed by atoms with Crippen molar-refractivity contribution in [3.05, 3.63) is 51.8 Å². The zero-order valence-electron chi connectivity index (χ0n) is 15.7. The highest BCUT2D eigenvalue weighted by molar-refractivity contribution is 6.06. The smallest absolute Gasteiger partial charge is 0.265 e. The van der Waals surface area contributed by atoms with Gasteiger partial charge >= 0.3 is 0 Å². The molecule has 0 aliphatic carbocycles. The van der Waals surface area contributed by atoms with Crippen molar-refractivity contribution in [2.45, 2.75) is 13.3 Å². The standard InChI is InChI=1S/C19H21N3O5/c1-11-15(16-18(27-11)21-10-22(2)19(16)24)17(23)20-8-7-12-5-6-13(25-3)9-14(12)26-4/h5-6,9-10H,7-8H2,1-4H3,(H,20,23). The molecule has 0 spiro atoms. The number of fused-ring (bicyclic) bond motifs is 1. The molecule has 0 unspecified atom stereocenters. The number of nitrogens with zero attached hydrogens (tertiary/aromatic N) is 2. The third-order valence-corrected chi connectivity index (χ3v) is 4.35. The topological polar surface area (TPSA) is 95.6 Å². The Morgan fingerprint density at radius 1 is 1.30 bits per heavy atom. The third-order valence-electron chi connectivity index (χ3n) is 4.35. The van der Waals surface area contributed by atoms with Crippen molar-refractivity contribution in [1.29, 1.82) is 0 Å². The van der Waals surface area contributed by atoms with E-state index in [2.05, 4.69) is 10.3 Å². The van der Waals surface area contributed by atoms with Crippen molar-refractivity contribution < 1.29 is 18.7 Å². The summed E-state index contributed by atoms with van der Waals surface area (Å²) >= 11 is 0. The summed E-state index contributed by atoms with van der Waals surface area (Å²) in [6.45, 7) is 2.01. The van der Waals surface area contributed by atoms with E-state index in [1.54, 1.807) is 34.3 Å². The lowest BCUT2D eigenvalue weighted by Crippen LogP contribution is -2.28. The van der Waals surface area contributed by atoms with Gasteiger partial charge in [-0.3, -0.25) is 9.59 Å². The molecular formula is C19H21N3O5. The lowest BCUT2D eigenvalue weighted by Gasteiger charge is -2.11. The molecule has 0 aliphatic rings. The normalized spacial score (nSPS) is 10.8. The Bertz CT molecular complexity index is 1050. The fourth-order valence-corrected chi connectivity index (χ4v) is 2.92. The second kappa shape index (κ2) is 7.53. The van der Waals surface area contributed by atoms with Crippen LogP contribution in [0.3, 0.4) is 0 Å². The molecular weight excluding hydrogens is 350 g/mol. The zero-order chi connectivity index (χ0) is 19.6. The minimum atomic E-state index is -0.371. The maximum absolute atomic E-state index is 12.7. The average molecular weight is 371 g/mol. The lowest BCUT2D eigenvalue weighted by atomic mass is 10.1. The van der Waals surface area contributed by atoms with Crippen LogP contribution in [0.5, 0.6) is 11.5 Å². The summed E-state index contributed by atoms with van der Waals surface area (Å²) in [5.74, 6) is 1.37. The van der Waals surface area contributed by atoms with Gasteiger partial charge in [0.05, 0.1) is 19.8 Å². The first-order chi connectivity index (χ1) is 13.0. The number of nitrogens with one attached hydrogen (secondary N) is 1. The quantitative estimate of drug-likeness (QED) is 0.710. The number of aryl methyl sites for hydroxylation is 2. The summed E-state index contributed by atoms with van der Waals surface area (Å²) in [6, 6.07) is 5.52. The Morgan fingerprint density at radius 2 is 2.07 bits per heavy atom. The molecule has 0 radical (unpaired) electrons. The van der Waals surface area contributed by atoms with E-state index in [1.165, 1.54) is 10.9 Å². The molecule has 3 rings (SSSR count). The Hall–Kier alpha value is -3.29. The van der Waals surface area contributed by atoms with E-state index in [0.29, 0.717) is 30.2 Å². The van der Waals surface area contributed by atoms with Crippen LogP contribution in [0.1, 0.15) is 21.7 Å². The summed E-state index contributed by atoms with van der Waals surface area (Å²) < 4.78 is 17.3. The van der Waals surface area contributed by atoms with Crippen molar-refractivity contribution in [3.63, 3.8) is 0 Å². The summed E-state index contributed by atoms with van der Waals surface area (Å²) in [4.78, 5) is 29.1. The highest BCUT2D eigenvalue weighted by Crippen LogP contribution is 2.25. The second-order valence-corrected chi connectivity index (χ2v) is 6.06. The molecule has 0 atom stereocenters. The Morgan fingerprint density at radius 3 is 2.78 bits per heavy atom. The van der Waals surface area contributed by atoms with Gasteiger partial charge in [0.1, 0.15) is 29.0 Å². The van der Waals surface area contributed by atoms with E-state index in [1.807, 2.05) is 12.1 Å². The lowest BCUT2D eigenvalue weighted by molar-refractivity contribution is 0.0954. The van der Waals surface area contributed by atoms with E-state index >= 15 is 0 Å². The van der Waals surface area contributed by atoms with Crippen LogP contribution in [0.4, 0.5) is 0 Å². The monoisotopic (exact) mass is 371 g/mol. The molecule has 0 saturated heterocycles. The summed E-state index contributed by atoms with van der Waals surface area (Å²) in [6.07, 6.45) is 1.93. The molecule has 2 heterocycles. The second-order valence-electron chi connectivity index (χ2n) is 6.06. The molecule has 8 nitrogen and oxygen atoms in total. The first-order valence-electron chi connectivity index (χ1n) is 8.40. The number of methoxy groups -OCH3 is 2. The van der Waals surface area contributed by atoms with Crippen molar-refractivity contribution in [3.8, 4) is 11.5 Å². The van der Waals surface area contributed by atoms with Crippen LogP contribution in [-0.4, -0.2) is 36.2 Å². The largest absolute Gasteiger partial charge is 0.497 e. The van der Waals surface area contributed by atoms with Gasteiger partial charge in [0.15, 0.2) is 0 Å². The SMILES string of the molecule is COc1ccc(CCNC(=O)c2c(C)oc3ncn(C)c(=O)c23)c(OC)c1. The average Bonchev–Trinajstić information content (AvgIpc) is 3.01. The van der Waals surface area contributed by atoms with E-state index in [-0.39, 0.29) is 28.1 Å². The number of furan rings is 1. The molecule has 1 aromatic carbocycles. The first-order valence-corrected chi connectivity index (χ1v) is 8.40. The van der Waals surface area contributed by atoms with Crippen molar-refractivity contribution >= 4 is 17.0 Å². The Kier molecular flexibility index (Phi) is 5.16. The molecule has 0 saturated carbocycles. The number of amides is 1. The van der Waals surface area contributed by atoms with Gasteiger partial charge in [-0.15, -0.1) is 0 Å². The van der Waals surface area contributed by atoms with E-state index < -0.39 is 0 Å². The minimum absolute atomic E-state index is 0.164. The van der Waals surface area contributed by atoms with Crippen molar-refractivity contribution in [1.82, 2.24) is 14.9 Å². The van der Waals surface area contributed by atoms with Gasteiger partial charge in [0, 0.05) is 19.7 Å². The number of benzene rings is 1. The van der Waals surface area contributed by atoms with Crippen LogP contribution >= 0.6 is 0 Å². The number of hydrogen-bond acceptors (Lipinski definition) is 6. The Balaban J connectivity index is 1.78. The van der Waals surface area contributed by atoms with Crippen LogP contribution < -0.4 is 20.3 Å². The van der Waals surface area contributed by atoms with Gasteiger partial charge in [-0.1, -0.05) is 6.07 Å². The number of carbonyl (C=O) groups is 1. The van der Waals surface area contributed by atoms with Gasteiger partial charge in [-0.05, 0) is 25.0 Å². The maximum atomic E-state index is 12.7. The summed E-state index contributed by atoms with van der Waals surface area (Å²) in [5.41, 5.74) is 1.00. The molecule has 142 valence electrons. The molecule has 1 amide bonds. The maximum Gasteiger partial charge on any atom is 0.265 e. The Labute approximate surface area is 155 Å². The molecule has 0 fully saturated rings. The van der Waals surface area contributed by atoms with Gasteiger partial charge in [0.25, 0.3) is 11.5 Å². The number of ether oxygens (including phenoxy) is 2. The highest BCUT2D eigenvalue weighted by Gasteiger charge is 2.22. The van der Waals surface area contributed by atoms with Gasteiger partial charge in [-0.25, -0.2) is 4.98 Å². The molecule has 2 aromatic heterocycles.